The number of aromatic hydroxyl groups is 2. The van der Waals surface area contributed by atoms with Crippen molar-refractivity contribution in [2.75, 3.05) is 0 Å². The van der Waals surface area contributed by atoms with Crippen LogP contribution in [0.4, 0.5) is 8.78 Å². The van der Waals surface area contributed by atoms with Gasteiger partial charge in [-0.15, -0.1) is 0 Å². The van der Waals surface area contributed by atoms with Crippen LogP contribution in [0.2, 0.25) is 0 Å². The molecule has 2 aromatic rings. The maximum absolute atomic E-state index is 13.2. The smallest absolute Gasteiger partial charge is 0.273 e. The fourth-order valence-electron chi connectivity index (χ4n) is 2.29. The quantitative estimate of drug-likeness (QED) is 0.525. The Morgan fingerprint density at radius 2 is 1.77 bits per heavy atom. The second-order valence-electron chi connectivity index (χ2n) is 5.37. The molecule has 0 radical (unpaired) electrons. The van der Waals surface area contributed by atoms with Gasteiger partial charge in [0.05, 0.1) is 5.56 Å². The molecule has 2 amide bonds. The van der Waals surface area contributed by atoms with Gasteiger partial charge >= 0.3 is 0 Å². The van der Waals surface area contributed by atoms with Crippen LogP contribution in [0.25, 0.3) is 0 Å². The average Bonchev–Trinajstić information content (AvgIpc) is 2.60. The first-order valence-corrected chi connectivity index (χ1v) is 7.52. The van der Waals surface area contributed by atoms with Crippen LogP contribution in [0.3, 0.4) is 0 Å². The second-order valence-corrected chi connectivity index (χ2v) is 5.37. The lowest BCUT2D eigenvalue weighted by molar-refractivity contribution is -0.130. The lowest BCUT2D eigenvalue weighted by atomic mass is 10.0. The molecule has 2 rings (SSSR count). The number of halogens is 2. The molecule has 7 nitrogen and oxygen atoms in total. The van der Waals surface area contributed by atoms with Crippen LogP contribution in [0.15, 0.2) is 30.3 Å². The molecule has 1 unspecified atom stereocenters. The van der Waals surface area contributed by atoms with Crippen LogP contribution in [0.1, 0.15) is 34.5 Å². The monoisotopic (exact) mass is 366 g/mol. The topological polar surface area (TPSA) is 119 Å². The van der Waals surface area contributed by atoms with Gasteiger partial charge in [0.2, 0.25) is 0 Å². The summed E-state index contributed by atoms with van der Waals surface area (Å²) >= 11 is 0. The number of hydrogen-bond donors (Lipinski definition) is 5. The van der Waals surface area contributed by atoms with Crippen molar-refractivity contribution < 1.29 is 33.7 Å². The van der Waals surface area contributed by atoms with E-state index in [1.165, 1.54) is 6.07 Å². The van der Waals surface area contributed by atoms with Crippen LogP contribution < -0.4 is 10.9 Å². The van der Waals surface area contributed by atoms with E-state index in [-0.39, 0.29) is 16.9 Å². The molecule has 5 N–H and O–H groups in total. The number of rotatable bonds is 4. The number of phenols is 2. The van der Waals surface area contributed by atoms with Crippen molar-refractivity contribution in [2.24, 2.45) is 0 Å². The number of aliphatic hydroxyl groups is 1. The lowest BCUT2D eigenvalue weighted by Crippen LogP contribution is -2.44. The predicted molar refractivity (Wildman–Crippen MR) is 86.1 cm³/mol. The molecule has 1 atom stereocenters. The van der Waals surface area contributed by atoms with E-state index in [1.54, 1.807) is 6.92 Å². The van der Waals surface area contributed by atoms with E-state index < -0.39 is 35.3 Å². The molecule has 0 aliphatic rings. The van der Waals surface area contributed by atoms with E-state index in [0.717, 1.165) is 18.2 Å². The molecule has 138 valence electrons. The lowest BCUT2D eigenvalue weighted by Gasteiger charge is -2.15. The Morgan fingerprint density at radius 3 is 2.38 bits per heavy atom. The summed E-state index contributed by atoms with van der Waals surface area (Å²) in [6.07, 6.45) is -1.54. The molecule has 26 heavy (non-hydrogen) atoms. The van der Waals surface area contributed by atoms with Crippen molar-refractivity contribution in [3.63, 3.8) is 0 Å². The zero-order valence-corrected chi connectivity index (χ0v) is 13.6. The maximum atomic E-state index is 13.2. The van der Waals surface area contributed by atoms with Gasteiger partial charge in [0, 0.05) is 6.07 Å². The third kappa shape index (κ3) is 4.06. The minimum atomic E-state index is -1.86. The summed E-state index contributed by atoms with van der Waals surface area (Å²) in [6.45, 7) is 1.69. The molecule has 0 aromatic heterocycles. The minimum Gasteiger partial charge on any atom is -0.508 e. The van der Waals surface area contributed by atoms with Crippen molar-refractivity contribution in [1.82, 2.24) is 10.9 Å². The Balaban J connectivity index is 2.09. The van der Waals surface area contributed by atoms with Crippen LogP contribution >= 0.6 is 0 Å². The standard InChI is InChI=1S/C17H16F2N2O5/c1-2-8-5-10(22)7-13(23)14(8)16(25)20-21-17(26)15(24)9-3-4-11(18)12(19)6-9/h3-7,15,22-24H,2H2,1H3,(H,20,25)(H,21,26). The Morgan fingerprint density at radius 1 is 1.08 bits per heavy atom. The zero-order valence-electron chi connectivity index (χ0n) is 13.6. The number of carbonyl (C=O) groups is 2. The summed E-state index contributed by atoms with van der Waals surface area (Å²) in [4.78, 5) is 24.0. The number of carbonyl (C=O) groups excluding carboxylic acids is 2. The van der Waals surface area contributed by atoms with Crippen molar-refractivity contribution in [3.05, 3.63) is 58.7 Å². The van der Waals surface area contributed by atoms with E-state index in [9.17, 15) is 33.7 Å². The molecule has 0 saturated carbocycles. The number of aliphatic hydroxyl groups excluding tert-OH is 1. The first kappa shape index (κ1) is 19.1. The highest BCUT2D eigenvalue weighted by Crippen LogP contribution is 2.27. The highest BCUT2D eigenvalue weighted by molar-refractivity contribution is 5.99. The Kier molecular flexibility index (Phi) is 5.73. The fourth-order valence-corrected chi connectivity index (χ4v) is 2.29. The summed E-state index contributed by atoms with van der Waals surface area (Å²) in [5, 5.41) is 29.1. The van der Waals surface area contributed by atoms with Crippen molar-refractivity contribution >= 4 is 11.8 Å². The molecule has 0 aliphatic carbocycles. The maximum Gasteiger partial charge on any atom is 0.273 e. The predicted octanol–water partition coefficient (Wildman–Crippen LogP) is 1.43. The van der Waals surface area contributed by atoms with Crippen molar-refractivity contribution in [2.45, 2.75) is 19.4 Å². The fraction of sp³-hybridized carbons (Fsp3) is 0.176. The van der Waals surface area contributed by atoms with E-state index in [4.69, 9.17) is 0 Å². The summed E-state index contributed by atoms with van der Waals surface area (Å²) in [6, 6.07) is 4.67. The number of benzene rings is 2. The Labute approximate surface area is 146 Å². The second kappa shape index (κ2) is 7.79. The number of phenolic OH excluding ortho intramolecular Hbond substituents is 2. The highest BCUT2D eigenvalue weighted by atomic mass is 19.2. The summed E-state index contributed by atoms with van der Waals surface area (Å²) in [5.74, 6) is -5.07. The van der Waals surface area contributed by atoms with Crippen molar-refractivity contribution in [1.29, 1.82) is 0 Å². The molecule has 0 fully saturated rings. The van der Waals surface area contributed by atoms with Gasteiger partial charge < -0.3 is 15.3 Å². The van der Waals surface area contributed by atoms with Gasteiger partial charge in [-0.05, 0) is 35.7 Å². The largest absolute Gasteiger partial charge is 0.508 e. The molecule has 9 heteroatoms. The van der Waals surface area contributed by atoms with Gasteiger partial charge in [-0.3, -0.25) is 20.4 Å². The van der Waals surface area contributed by atoms with E-state index in [2.05, 4.69) is 0 Å². The van der Waals surface area contributed by atoms with Gasteiger partial charge in [-0.25, -0.2) is 8.78 Å². The molecule has 0 saturated heterocycles. The number of aryl methyl sites for hydroxylation is 1. The number of nitrogens with one attached hydrogen (secondary N) is 2. The van der Waals surface area contributed by atoms with E-state index in [0.29, 0.717) is 18.1 Å². The Hall–Kier alpha value is -3.20. The summed E-state index contributed by atoms with van der Waals surface area (Å²) in [7, 11) is 0. The molecule has 0 heterocycles. The highest BCUT2D eigenvalue weighted by Gasteiger charge is 2.22. The van der Waals surface area contributed by atoms with Crippen LogP contribution in [0, 0.1) is 11.6 Å². The number of hydrogen-bond acceptors (Lipinski definition) is 5. The molecule has 0 bridgehead atoms. The van der Waals surface area contributed by atoms with Gasteiger partial charge in [-0.2, -0.15) is 0 Å². The van der Waals surface area contributed by atoms with Crippen molar-refractivity contribution in [3.8, 4) is 11.5 Å². The SMILES string of the molecule is CCc1cc(O)cc(O)c1C(=O)NNC(=O)C(O)c1ccc(F)c(F)c1. The van der Waals surface area contributed by atoms with Crippen LogP contribution in [0.5, 0.6) is 11.5 Å². The van der Waals surface area contributed by atoms with Crippen LogP contribution in [-0.4, -0.2) is 27.1 Å². The molecular weight excluding hydrogens is 350 g/mol. The molecule has 0 aliphatic heterocycles. The van der Waals surface area contributed by atoms with E-state index in [1.807, 2.05) is 10.9 Å². The van der Waals surface area contributed by atoms with E-state index >= 15 is 0 Å². The van der Waals surface area contributed by atoms with Gasteiger partial charge in [0.25, 0.3) is 11.8 Å². The van der Waals surface area contributed by atoms with Gasteiger partial charge in [0.15, 0.2) is 17.7 Å². The Bertz CT molecular complexity index is 857. The third-order valence-corrected chi connectivity index (χ3v) is 3.60. The average molecular weight is 366 g/mol. The molecular formula is C17H16F2N2O5. The zero-order chi connectivity index (χ0) is 19.4. The number of amides is 2. The first-order chi connectivity index (χ1) is 12.2. The van der Waals surface area contributed by atoms with Gasteiger partial charge in [0.1, 0.15) is 11.5 Å². The van der Waals surface area contributed by atoms with Crippen LogP contribution in [-0.2, 0) is 11.2 Å². The minimum absolute atomic E-state index is 0.159. The van der Waals surface area contributed by atoms with Gasteiger partial charge in [-0.1, -0.05) is 13.0 Å². The first-order valence-electron chi connectivity index (χ1n) is 7.52. The molecule has 0 spiro atoms. The number of hydrazine groups is 1. The summed E-state index contributed by atoms with van der Waals surface area (Å²) in [5.41, 5.74) is 3.89. The normalized spacial score (nSPS) is 11.7. The molecule has 2 aromatic carbocycles. The summed E-state index contributed by atoms with van der Waals surface area (Å²) < 4.78 is 26.0. The third-order valence-electron chi connectivity index (χ3n) is 3.60.